The van der Waals surface area contributed by atoms with Crippen LogP contribution < -0.4 is 9.80 Å². The maximum atomic E-state index is 4.48. The molecule has 4 heterocycles. The van der Waals surface area contributed by atoms with E-state index in [-0.39, 0.29) is 0 Å². The monoisotopic (exact) mass is 336 g/mol. The molecule has 0 bridgehead atoms. The van der Waals surface area contributed by atoms with E-state index in [1.807, 2.05) is 13.2 Å². The zero-order valence-corrected chi connectivity index (χ0v) is 14.4. The fourth-order valence-electron chi connectivity index (χ4n) is 3.75. The maximum absolute atomic E-state index is 4.48. The lowest BCUT2D eigenvalue weighted by atomic mass is 10.1. The number of anilines is 2. The summed E-state index contributed by atoms with van der Waals surface area (Å²) in [7, 11) is 3.99. The molecule has 0 aromatic carbocycles. The number of aryl methyl sites for hydroxylation is 3. The Morgan fingerprint density at radius 1 is 1.16 bits per heavy atom. The number of nitrogens with zero attached hydrogens (tertiary/aromatic N) is 8. The second-order valence-electron chi connectivity index (χ2n) is 6.94. The van der Waals surface area contributed by atoms with Gasteiger partial charge in [0.1, 0.15) is 12.1 Å². The quantitative estimate of drug-likeness (QED) is 0.705. The summed E-state index contributed by atoms with van der Waals surface area (Å²) >= 11 is 0. The van der Waals surface area contributed by atoms with Gasteiger partial charge in [0.25, 0.3) is 0 Å². The van der Waals surface area contributed by atoms with Crippen molar-refractivity contribution in [2.75, 3.05) is 29.9 Å². The van der Waals surface area contributed by atoms with E-state index in [2.05, 4.69) is 48.2 Å². The highest BCUT2D eigenvalue weighted by Crippen LogP contribution is 2.29. The molecule has 1 aliphatic heterocycles. The van der Waals surface area contributed by atoms with E-state index in [1.165, 1.54) is 17.7 Å². The van der Waals surface area contributed by atoms with Crippen LogP contribution in [0.4, 0.5) is 11.6 Å². The van der Waals surface area contributed by atoms with Crippen molar-refractivity contribution in [3.63, 3.8) is 0 Å². The molecule has 1 saturated heterocycles. The Hall–Kier alpha value is -2.77. The zero-order chi connectivity index (χ0) is 17.0. The topological polar surface area (TPSA) is 75.9 Å². The Kier molecular flexibility index (Phi) is 3.13. The third kappa shape index (κ3) is 2.32. The number of rotatable bonds is 3. The molecule has 1 aliphatic carbocycles. The lowest BCUT2D eigenvalue weighted by Gasteiger charge is -2.45. The minimum Gasteiger partial charge on any atom is -0.352 e. The third-order valence-electron chi connectivity index (χ3n) is 5.29. The van der Waals surface area contributed by atoms with Gasteiger partial charge in [-0.2, -0.15) is 10.2 Å². The average Bonchev–Trinajstić information content (AvgIpc) is 3.17. The van der Waals surface area contributed by atoms with Crippen LogP contribution in [0.15, 0.2) is 18.6 Å². The molecule has 2 aliphatic rings. The molecule has 0 N–H and O–H groups in total. The van der Waals surface area contributed by atoms with E-state index in [0.717, 1.165) is 48.6 Å². The van der Waals surface area contributed by atoms with Gasteiger partial charge in [-0.15, -0.1) is 5.10 Å². The first-order chi connectivity index (χ1) is 12.2. The maximum Gasteiger partial charge on any atom is 0.186 e. The van der Waals surface area contributed by atoms with Crippen molar-refractivity contribution in [3.05, 3.63) is 29.8 Å². The summed E-state index contributed by atoms with van der Waals surface area (Å²) in [5.41, 5.74) is 3.28. The highest BCUT2D eigenvalue weighted by Gasteiger charge is 2.33. The van der Waals surface area contributed by atoms with E-state index in [1.54, 1.807) is 11.0 Å². The molecule has 0 radical (unpaired) electrons. The van der Waals surface area contributed by atoms with Crippen molar-refractivity contribution in [2.45, 2.75) is 25.3 Å². The highest BCUT2D eigenvalue weighted by atomic mass is 15.4. The van der Waals surface area contributed by atoms with Crippen molar-refractivity contribution < 1.29 is 0 Å². The molecule has 3 aromatic heterocycles. The molecule has 25 heavy (non-hydrogen) atoms. The first kappa shape index (κ1) is 14.6. The number of hydrogen-bond acceptors (Lipinski definition) is 7. The Balaban J connectivity index is 1.34. The van der Waals surface area contributed by atoms with Crippen molar-refractivity contribution in [1.82, 2.24) is 29.9 Å². The van der Waals surface area contributed by atoms with E-state index in [4.69, 9.17) is 0 Å². The Bertz CT molecular complexity index is 943. The fraction of sp³-hybridized carbons (Fsp3) is 0.471. The van der Waals surface area contributed by atoms with Crippen molar-refractivity contribution >= 4 is 22.7 Å². The molecule has 0 atom stereocenters. The second kappa shape index (κ2) is 5.37. The smallest absolute Gasteiger partial charge is 0.186 e. The van der Waals surface area contributed by atoms with Gasteiger partial charge < -0.3 is 9.80 Å². The standard InChI is InChI=1S/C17H20N8/c1-23-9-13-16(22-23)18-10-19-17(13)24(2)12-7-25(8-12)15-6-11-4-3-5-14(11)20-21-15/h6,9-10,12H,3-5,7-8H2,1-2H3. The van der Waals surface area contributed by atoms with E-state index < -0.39 is 0 Å². The first-order valence-corrected chi connectivity index (χ1v) is 8.66. The molecule has 0 saturated carbocycles. The van der Waals surface area contributed by atoms with Gasteiger partial charge in [-0.3, -0.25) is 4.68 Å². The zero-order valence-electron chi connectivity index (χ0n) is 14.4. The van der Waals surface area contributed by atoms with Gasteiger partial charge in [-0.25, -0.2) is 9.97 Å². The average molecular weight is 336 g/mol. The predicted octanol–water partition coefficient (Wildman–Crippen LogP) is 0.967. The summed E-state index contributed by atoms with van der Waals surface area (Å²) in [6.07, 6.45) is 6.97. The first-order valence-electron chi connectivity index (χ1n) is 8.66. The van der Waals surface area contributed by atoms with Crippen LogP contribution in [0.1, 0.15) is 17.7 Å². The van der Waals surface area contributed by atoms with Gasteiger partial charge in [-0.05, 0) is 30.9 Å². The summed E-state index contributed by atoms with van der Waals surface area (Å²) in [5, 5.41) is 14.2. The minimum absolute atomic E-state index is 0.397. The summed E-state index contributed by atoms with van der Waals surface area (Å²) in [5.74, 6) is 1.93. The van der Waals surface area contributed by atoms with Gasteiger partial charge in [0, 0.05) is 33.4 Å². The largest absolute Gasteiger partial charge is 0.352 e. The molecule has 0 spiro atoms. The highest BCUT2D eigenvalue weighted by molar-refractivity contribution is 5.86. The van der Waals surface area contributed by atoms with Crippen LogP contribution in [0.25, 0.3) is 11.0 Å². The molecule has 1 fully saturated rings. The Morgan fingerprint density at radius 3 is 2.92 bits per heavy atom. The summed E-state index contributed by atoms with van der Waals surface area (Å²) in [4.78, 5) is 13.2. The van der Waals surface area contributed by atoms with Crippen LogP contribution in [-0.2, 0) is 19.9 Å². The lowest BCUT2D eigenvalue weighted by Crippen LogP contribution is -2.59. The second-order valence-corrected chi connectivity index (χ2v) is 6.94. The van der Waals surface area contributed by atoms with Crippen molar-refractivity contribution in [2.24, 2.45) is 7.05 Å². The third-order valence-corrected chi connectivity index (χ3v) is 5.29. The predicted molar refractivity (Wildman–Crippen MR) is 94.8 cm³/mol. The van der Waals surface area contributed by atoms with Gasteiger partial charge in [-0.1, -0.05) is 0 Å². The Labute approximate surface area is 145 Å². The van der Waals surface area contributed by atoms with Gasteiger partial charge in [0.15, 0.2) is 11.5 Å². The Morgan fingerprint density at radius 2 is 2.04 bits per heavy atom. The van der Waals surface area contributed by atoms with Crippen LogP contribution in [0.2, 0.25) is 0 Å². The molecular formula is C17H20N8. The summed E-state index contributed by atoms with van der Waals surface area (Å²) < 4.78 is 1.78. The molecule has 3 aromatic rings. The van der Waals surface area contributed by atoms with E-state index in [0.29, 0.717) is 6.04 Å². The van der Waals surface area contributed by atoms with Crippen LogP contribution in [0.3, 0.4) is 0 Å². The number of likely N-dealkylation sites (N-methyl/N-ethyl adjacent to an activating group) is 1. The molecule has 8 nitrogen and oxygen atoms in total. The fourth-order valence-corrected chi connectivity index (χ4v) is 3.75. The van der Waals surface area contributed by atoms with Crippen LogP contribution in [0.5, 0.6) is 0 Å². The lowest BCUT2D eigenvalue weighted by molar-refractivity contribution is 0.488. The van der Waals surface area contributed by atoms with Crippen LogP contribution in [-0.4, -0.2) is 56.1 Å². The molecule has 5 rings (SSSR count). The minimum atomic E-state index is 0.397. The summed E-state index contributed by atoms with van der Waals surface area (Å²) in [6.45, 7) is 1.85. The summed E-state index contributed by atoms with van der Waals surface area (Å²) in [6, 6.07) is 2.61. The molecule has 8 heteroatoms. The number of hydrogen-bond donors (Lipinski definition) is 0. The molecular weight excluding hydrogens is 316 g/mol. The van der Waals surface area contributed by atoms with E-state index in [9.17, 15) is 0 Å². The normalized spacial score (nSPS) is 17.0. The van der Waals surface area contributed by atoms with Crippen LogP contribution >= 0.6 is 0 Å². The van der Waals surface area contributed by atoms with Crippen LogP contribution in [0, 0.1) is 0 Å². The van der Waals surface area contributed by atoms with Gasteiger partial charge in [0.05, 0.1) is 17.1 Å². The van der Waals surface area contributed by atoms with Gasteiger partial charge >= 0.3 is 0 Å². The van der Waals surface area contributed by atoms with Crippen molar-refractivity contribution in [3.8, 4) is 0 Å². The van der Waals surface area contributed by atoms with E-state index >= 15 is 0 Å². The SMILES string of the molecule is CN(c1ncnc2nn(C)cc12)C1CN(c2cc3c(nn2)CCC3)C1. The number of aromatic nitrogens is 6. The molecule has 0 unspecified atom stereocenters. The van der Waals surface area contributed by atoms with Crippen molar-refractivity contribution in [1.29, 1.82) is 0 Å². The molecule has 0 amide bonds. The number of fused-ring (bicyclic) bond motifs is 2. The molecule has 128 valence electrons. The van der Waals surface area contributed by atoms with Gasteiger partial charge in [0.2, 0.25) is 0 Å².